The van der Waals surface area contributed by atoms with Crippen LogP contribution in [0, 0.1) is 0 Å². The molecule has 2 amide bonds. The number of aromatic carboxylic acids is 1. The second-order valence-electron chi connectivity index (χ2n) is 4.60. The van der Waals surface area contributed by atoms with E-state index < -0.39 is 18.1 Å². The van der Waals surface area contributed by atoms with Crippen molar-refractivity contribution in [3.05, 3.63) is 27.7 Å². The zero-order valence-electron chi connectivity index (χ0n) is 11.6. The summed E-state index contributed by atoms with van der Waals surface area (Å²) >= 11 is 11.7. The average molecular weight is 335 g/mol. The second-order valence-corrected chi connectivity index (χ2v) is 5.45. The number of aliphatic hydroxyl groups excluding tert-OH is 1. The van der Waals surface area contributed by atoms with Crippen LogP contribution in [0.15, 0.2) is 12.1 Å². The van der Waals surface area contributed by atoms with Crippen LogP contribution in [0.3, 0.4) is 0 Å². The van der Waals surface area contributed by atoms with Gasteiger partial charge >= 0.3 is 12.0 Å². The SMILES string of the molecule is CC(O)CCN(C)C(=O)Nc1c(Cl)cc(Cl)cc1C(=O)O. The van der Waals surface area contributed by atoms with Gasteiger partial charge in [-0.15, -0.1) is 0 Å². The van der Waals surface area contributed by atoms with Crippen molar-refractivity contribution in [2.24, 2.45) is 0 Å². The maximum atomic E-state index is 12.0. The zero-order chi connectivity index (χ0) is 16.2. The molecule has 1 aromatic carbocycles. The van der Waals surface area contributed by atoms with Crippen LogP contribution in [0.4, 0.5) is 10.5 Å². The summed E-state index contributed by atoms with van der Waals surface area (Å²) in [6, 6.07) is 2.03. The first-order valence-corrected chi connectivity index (χ1v) is 6.90. The van der Waals surface area contributed by atoms with Gasteiger partial charge in [-0.25, -0.2) is 9.59 Å². The first-order valence-electron chi connectivity index (χ1n) is 6.15. The van der Waals surface area contributed by atoms with Gasteiger partial charge < -0.3 is 20.4 Å². The van der Waals surface area contributed by atoms with E-state index in [1.807, 2.05) is 0 Å². The van der Waals surface area contributed by atoms with Crippen LogP contribution >= 0.6 is 23.2 Å². The first-order chi connectivity index (χ1) is 9.72. The Hall–Kier alpha value is -1.50. The van der Waals surface area contributed by atoms with Crippen LogP contribution in [0.2, 0.25) is 10.0 Å². The fourth-order valence-electron chi connectivity index (χ4n) is 1.55. The summed E-state index contributed by atoms with van der Waals surface area (Å²) in [5, 5.41) is 21.0. The van der Waals surface area contributed by atoms with Crippen molar-refractivity contribution in [3.63, 3.8) is 0 Å². The minimum Gasteiger partial charge on any atom is -0.478 e. The third kappa shape index (κ3) is 5.08. The van der Waals surface area contributed by atoms with Gasteiger partial charge in [0.05, 0.1) is 22.4 Å². The second kappa shape index (κ2) is 7.49. The van der Waals surface area contributed by atoms with Crippen molar-refractivity contribution in [1.82, 2.24) is 4.90 Å². The van der Waals surface area contributed by atoms with Gasteiger partial charge in [0.25, 0.3) is 0 Å². The molecule has 0 radical (unpaired) electrons. The molecule has 0 spiro atoms. The van der Waals surface area contributed by atoms with Gasteiger partial charge in [0.2, 0.25) is 0 Å². The molecule has 0 aliphatic carbocycles. The molecule has 0 saturated heterocycles. The number of carbonyl (C=O) groups excluding carboxylic acids is 1. The molecule has 0 heterocycles. The quantitative estimate of drug-likeness (QED) is 0.772. The van der Waals surface area contributed by atoms with Crippen LogP contribution < -0.4 is 5.32 Å². The Bertz CT molecular complexity index is 549. The Kier molecular flexibility index (Phi) is 6.26. The highest BCUT2D eigenvalue weighted by molar-refractivity contribution is 6.37. The number of rotatable bonds is 5. The standard InChI is InChI=1S/C13H16Cl2N2O4/c1-7(18)3-4-17(2)13(21)16-11-9(12(19)20)5-8(14)6-10(11)15/h5-7,18H,3-4H2,1-2H3,(H,16,21)(H,19,20). The highest BCUT2D eigenvalue weighted by Crippen LogP contribution is 2.30. The Balaban J connectivity index is 2.92. The largest absolute Gasteiger partial charge is 0.478 e. The van der Waals surface area contributed by atoms with Gasteiger partial charge in [-0.3, -0.25) is 0 Å². The third-order valence-corrected chi connectivity index (χ3v) is 3.26. The Labute approximate surface area is 132 Å². The number of halogens is 2. The third-order valence-electron chi connectivity index (χ3n) is 2.75. The van der Waals surface area contributed by atoms with Crippen molar-refractivity contribution < 1.29 is 19.8 Å². The van der Waals surface area contributed by atoms with Crippen molar-refractivity contribution >= 4 is 40.9 Å². The summed E-state index contributed by atoms with van der Waals surface area (Å²) in [6.45, 7) is 1.93. The summed E-state index contributed by atoms with van der Waals surface area (Å²) in [4.78, 5) is 24.5. The number of anilines is 1. The lowest BCUT2D eigenvalue weighted by molar-refractivity contribution is 0.0698. The van der Waals surface area contributed by atoms with Crippen LogP contribution in [0.1, 0.15) is 23.7 Å². The van der Waals surface area contributed by atoms with Crippen LogP contribution in [0.25, 0.3) is 0 Å². The number of carboxylic acids is 1. The van der Waals surface area contributed by atoms with Crippen LogP contribution in [0.5, 0.6) is 0 Å². The molecule has 0 fully saturated rings. The molecule has 6 nitrogen and oxygen atoms in total. The number of carboxylic acid groups (broad SMARTS) is 1. The number of carbonyl (C=O) groups is 2. The molecule has 0 aromatic heterocycles. The number of amides is 2. The predicted octanol–water partition coefficient (Wildman–Crippen LogP) is 2.93. The van der Waals surface area contributed by atoms with Crippen molar-refractivity contribution in [2.75, 3.05) is 18.9 Å². The minimum absolute atomic E-state index is 0.0116. The van der Waals surface area contributed by atoms with E-state index in [9.17, 15) is 14.7 Å². The number of nitrogens with one attached hydrogen (secondary N) is 1. The van der Waals surface area contributed by atoms with Crippen LogP contribution in [-0.4, -0.2) is 46.8 Å². The fourth-order valence-corrected chi connectivity index (χ4v) is 2.09. The van der Waals surface area contributed by atoms with E-state index in [0.717, 1.165) is 0 Å². The maximum Gasteiger partial charge on any atom is 0.337 e. The Morgan fingerprint density at radius 1 is 1.38 bits per heavy atom. The zero-order valence-corrected chi connectivity index (χ0v) is 13.1. The maximum absolute atomic E-state index is 12.0. The van der Waals surface area contributed by atoms with E-state index in [1.165, 1.54) is 24.1 Å². The van der Waals surface area contributed by atoms with Gasteiger partial charge in [0.15, 0.2) is 0 Å². The summed E-state index contributed by atoms with van der Waals surface area (Å²) in [5.74, 6) is -1.25. The van der Waals surface area contributed by atoms with E-state index in [-0.39, 0.29) is 21.3 Å². The summed E-state index contributed by atoms with van der Waals surface area (Å²) in [5.41, 5.74) is -0.202. The van der Waals surface area contributed by atoms with Crippen molar-refractivity contribution in [3.8, 4) is 0 Å². The summed E-state index contributed by atoms with van der Waals surface area (Å²) < 4.78 is 0. The van der Waals surface area contributed by atoms with E-state index in [2.05, 4.69) is 5.32 Å². The molecular formula is C13H16Cl2N2O4. The lowest BCUT2D eigenvalue weighted by atomic mass is 10.2. The lowest BCUT2D eigenvalue weighted by Gasteiger charge is -2.20. The molecular weight excluding hydrogens is 319 g/mol. The highest BCUT2D eigenvalue weighted by Gasteiger charge is 2.19. The molecule has 1 atom stereocenters. The molecule has 21 heavy (non-hydrogen) atoms. The predicted molar refractivity (Wildman–Crippen MR) is 81.4 cm³/mol. The van der Waals surface area contributed by atoms with Gasteiger partial charge in [0.1, 0.15) is 0 Å². The molecule has 1 rings (SSSR count). The lowest BCUT2D eigenvalue weighted by Crippen LogP contribution is -2.33. The summed E-state index contributed by atoms with van der Waals surface area (Å²) in [7, 11) is 1.53. The first kappa shape index (κ1) is 17.6. The van der Waals surface area contributed by atoms with E-state index >= 15 is 0 Å². The molecule has 0 aliphatic heterocycles. The Morgan fingerprint density at radius 3 is 2.52 bits per heavy atom. The topological polar surface area (TPSA) is 89.9 Å². The van der Waals surface area contributed by atoms with Gasteiger partial charge in [-0.1, -0.05) is 23.2 Å². The molecule has 1 aromatic rings. The Morgan fingerprint density at radius 2 is 2.00 bits per heavy atom. The highest BCUT2D eigenvalue weighted by atomic mass is 35.5. The number of urea groups is 1. The van der Waals surface area contributed by atoms with Crippen LogP contribution in [-0.2, 0) is 0 Å². The van der Waals surface area contributed by atoms with E-state index in [1.54, 1.807) is 6.92 Å². The normalized spacial score (nSPS) is 11.9. The average Bonchev–Trinajstić information content (AvgIpc) is 2.38. The van der Waals surface area contributed by atoms with Gasteiger partial charge in [-0.2, -0.15) is 0 Å². The van der Waals surface area contributed by atoms with E-state index in [4.69, 9.17) is 28.3 Å². The van der Waals surface area contributed by atoms with Gasteiger partial charge in [-0.05, 0) is 25.5 Å². The molecule has 0 aliphatic rings. The molecule has 116 valence electrons. The summed E-state index contributed by atoms with van der Waals surface area (Å²) in [6.07, 6.45) is -0.127. The molecule has 0 bridgehead atoms. The van der Waals surface area contributed by atoms with E-state index in [0.29, 0.717) is 13.0 Å². The molecule has 1 unspecified atom stereocenters. The van der Waals surface area contributed by atoms with Crippen molar-refractivity contribution in [2.45, 2.75) is 19.4 Å². The number of hydrogen-bond donors (Lipinski definition) is 3. The molecule has 3 N–H and O–H groups in total. The number of nitrogens with zero attached hydrogens (tertiary/aromatic N) is 1. The fraction of sp³-hybridized carbons (Fsp3) is 0.385. The minimum atomic E-state index is -1.25. The monoisotopic (exact) mass is 334 g/mol. The molecule has 8 heteroatoms. The van der Waals surface area contributed by atoms with Gasteiger partial charge in [0, 0.05) is 18.6 Å². The number of benzene rings is 1. The van der Waals surface area contributed by atoms with Crippen molar-refractivity contribution in [1.29, 1.82) is 0 Å². The smallest absolute Gasteiger partial charge is 0.337 e. The number of aliphatic hydroxyl groups is 1. The molecule has 0 saturated carbocycles. The number of hydrogen-bond acceptors (Lipinski definition) is 3.